The molecule has 1 unspecified atom stereocenters. The molecule has 1 aromatic heterocycles. The molecule has 78 valence electrons. The largest absolute Gasteiger partial charge is 0.324 e. The van der Waals surface area contributed by atoms with Gasteiger partial charge in [-0.2, -0.15) is 5.10 Å². The van der Waals surface area contributed by atoms with E-state index in [0.717, 1.165) is 16.8 Å². The fraction of sp³-hybridized carbons (Fsp3) is 0.250. The summed E-state index contributed by atoms with van der Waals surface area (Å²) in [5, 5.41) is 4.36. The first kappa shape index (κ1) is 9.93. The van der Waals surface area contributed by atoms with E-state index in [1.54, 1.807) is 4.68 Å². The quantitative estimate of drug-likeness (QED) is 0.808. The lowest BCUT2D eigenvalue weighted by molar-refractivity contribution is 0.770. The Morgan fingerprint density at radius 2 is 2.13 bits per heavy atom. The first-order valence-corrected chi connectivity index (χ1v) is 5.02. The number of rotatable bonds is 2. The molecule has 0 aliphatic carbocycles. The fourth-order valence-electron chi connectivity index (χ4n) is 1.55. The standard InChI is InChI=1S/C12H15N3/c1-9(13)10-4-3-5-11(8-10)12-6-7-15(2)14-12/h3-9H,13H2,1-2H3. The highest BCUT2D eigenvalue weighted by molar-refractivity contribution is 5.59. The van der Waals surface area contributed by atoms with E-state index in [1.165, 1.54) is 0 Å². The van der Waals surface area contributed by atoms with E-state index in [2.05, 4.69) is 11.2 Å². The molecule has 2 N–H and O–H groups in total. The van der Waals surface area contributed by atoms with Crippen LogP contribution in [0.2, 0.25) is 0 Å². The topological polar surface area (TPSA) is 43.8 Å². The Morgan fingerprint density at radius 1 is 1.33 bits per heavy atom. The van der Waals surface area contributed by atoms with Gasteiger partial charge in [0.1, 0.15) is 0 Å². The maximum Gasteiger partial charge on any atom is 0.0923 e. The van der Waals surface area contributed by atoms with Crippen LogP contribution in [0.15, 0.2) is 36.5 Å². The van der Waals surface area contributed by atoms with Crippen LogP contribution in [-0.2, 0) is 7.05 Å². The van der Waals surface area contributed by atoms with Gasteiger partial charge in [-0.3, -0.25) is 4.68 Å². The van der Waals surface area contributed by atoms with Crippen LogP contribution < -0.4 is 5.73 Å². The third-order valence-corrected chi connectivity index (χ3v) is 2.42. The zero-order chi connectivity index (χ0) is 10.8. The molecular formula is C12H15N3. The summed E-state index contributed by atoms with van der Waals surface area (Å²) < 4.78 is 1.80. The Kier molecular flexibility index (Phi) is 2.56. The number of aryl methyl sites for hydroxylation is 1. The van der Waals surface area contributed by atoms with Crippen molar-refractivity contribution in [2.45, 2.75) is 13.0 Å². The highest BCUT2D eigenvalue weighted by Gasteiger charge is 2.04. The second-order valence-electron chi connectivity index (χ2n) is 3.79. The number of aromatic nitrogens is 2. The summed E-state index contributed by atoms with van der Waals surface area (Å²) in [5.74, 6) is 0. The lowest BCUT2D eigenvalue weighted by Crippen LogP contribution is -2.04. The van der Waals surface area contributed by atoms with Crippen molar-refractivity contribution in [3.63, 3.8) is 0 Å². The van der Waals surface area contributed by atoms with Crippen LogP contribution >= 0.6 is 0 Å². The first-order chi connectivity index (χ1) is 7.16. The molecule has 1 atom stereocenters. The van der Waals surface area contributed by atoms with Gasteiger partial charge < -0.3 is 5.73 Å². The van der Waals surface area contributed by atoms with Crippen LogP contribution in [-0.4, -0.2) is 9.78 Å². The van der Waals surface area contributed by atoms with Crippen LogP contribution in [0, 0.1) is 0 Å². The maximum absolute atomic E-state index is 5.84. The summed E-state index contributed by atoms with van der Waals surface area (Å²) >= 11 is 0. The van der Waals surface area contributed by atoms with Gasteiger partial charge in [0, 0.05) is 24.8 Å². The van der Waals surface area contributed by atoms with Crippen LogP contribution in [0.1, 0.15) is 18.5 Å². The van der Waals surface area contributed by atoms with Crippen molar-refractivity contribution in [2.24, 2.45) is 12.8 Å². The molecule has 0 saturated carbocycles. The molecule has 3 nitrogen and oxygen atoms in total. The van der Waals surface area contributed by atoms with Crippen molar-refractivity contribution in [1.82, 2.24) is 9.78 Å². The average molecular weight is 201 g/mol. The van der Waals surface area contributed by atoms with E-state index in [9.17, 15) is 0 Å². The Morgan fingerprint density at radius 3 is 2.73 bits per heavy atom. The monoisotopic (exact) mass is 201 g/mol. The Labute approximate surface area is 89.5 Å². The van der Waals surface area contributed by atoms with Gasteiger partial charge in [-0.1, -0.05) is 18.2 Å². The molecule has 0 spiro atoms. The predicted octanol–water partition coefficient (Wildman–Crippen LogP) is 2.11. The van der Waals surface area contributed by atoms with Gasteiger partial charge in [0.2, 0.25) is 0 Å². The molecule has 0 saturated heterocycles. The second-order valence-corrected chi connectivity index (χ2v) is 3.79. The van der Waals surface area contributed by atoms with Gasteiger partial charge in [-0.15, -0.1) is 0 Å². The van der Waals surface area contributed by atoms with E-state index in [4.69, 9.17) is 5.73 Å². The molecule has 2 aromatic rings. The van der Waals surface area contributed by atoms with Gasteiger partial charge >= 0.3 is 0 Å². The summed E-state index contributed by atoms with van der Waals surface area (Å²) in [5.41, 5.74) is 9.08. The summed E-state index contributed by atoms with van der Waals surface area (Å²) in [7, 11) is 1.92. The molecule has 0 radical (unpaired) electrons. The molecule has 1 heterocycles. The van der Waals surface area contributed by atoms with Crippen LogP contribution in [0.25, 0.3) is 11.3 Å². The lowest BCUT2D eigenvalue weighted by Gasteiger charge is -2.06. The molecule has 0 amide bonds. The van der Waals surface area contributed by atoms with Crippen LogP contribution in [0.3, 0.4) is 0 Å². The molecule has 0 aliphatic heterocycles. The van der Waals surface area contributed by atoms with E-state index in [1.807, 2.05) is 44.4 Å². The average Bonchev–Trinajstić information content (AvgIpc) is 2.65. The van der Waals surface area contributed by atoms with Crippen LogP contribution in [0.4, 0.5) is 0 Å². The third kappa shape index (κ3) is 2.07. The molecule has 3 heteroatoms. The summed E-state index contributed by atoms with van der Waals surface area (Å²) in [6, 6.07) is 10.3. The maximum atomic E-state index is 5.84. The van der Waals surface area contributed by atoms with Crippen molar-refractivity contribution in [1.29, 1.82) is 0 Å². The second kappa shape index (κ2) is 3.87. The number of hydrogen-bond acceptors (Lipinski definition) is 2. The van der Waals surface area contributed by atoms with Crippen molar-refractivity contribution in [3.05, 3.63) is 42.1 Å². The third-order valence-electron chi connectivity index (χ3n) is 2.42. The highest BCUT2D eigenvalue weighted by Crippen LogP contribution is 2.20. The molecule has 0 bridgehead atoms. The Balaban J connectivity index is 2.41. The van der Waals surface area contributed by atoms with Crippen molar-refractivity contribution >= 4 is 0 Å². The van der Waals surface area contributed by atoms with Gasteiger partial charge in [-0.05, 0) is 24.6 Å². The van der Waals surface area contributed by atoms with E-state index >= 15 is 0 Å². The number of hydrogen-bond donors (Lipinski definition) is 1. The molecule has 2 rings (SSSR count). The zero-order valence-electron chi connectivity index (χ0n) is 9.01. The van der Waals surface area contributed by atoms with Crippen molar-refractivity contribution in [3.8, 4) is 11.3 Å². The van der Waals surface area contributed by atoms with Gasteiger partial charge in [0.05, 0.1) is 5.69 Å². The molecular weight excluding hydrogens is 186 g/mol. The smallest absolute Gasteiger partial charge is 0.0923 e. The SMILES string of the molecule is CC(N)c1cccc(-c2ccn(C)n2)c1. The van der Waals surface area contributed by atoms with Crippen molar-refractivity contribution in [2.75, 3.05) is 0 Å². The lowest BCUT2D eigenvalue weighted by atomic mass is 10.0. The Hall–Kier alpha value is -1.61. The minimum atomic E-state index is 0.0636. The van der Waals surface area contributed by atoms with Gasteiger partial charge in [-0.25, -0.2) is 0 Å². The summed E-state index contributed by atoms with van der Waals surface area (Å²) in [6.07, 6.45) is 1.94. The predicted molar refractivity (Wildman–Crippen MR) is 61.2 cm³/mol. The summed E-state index contributed by atoms with van der Waals surface area (Å²) in [6.45, 7) is 1.98. The zero-order valence-corrected chi connectivity index (χ0v) is 9.01. The van der Waals surface area contributed by atoms with Crippen molar-refractivity contribution < 1.29 is 0 Å². The number of nitrogens with two attached hydrogens (primary N) is 1. The minimum absolute atomic E-state index is 0.0636. The molecule has 0 fully saturated rings. The fourth-order valence-corrected chi connectivity index (χ4v) is 1.55. The first-order valence-electron chi connectivity index (χ1n) is 5.02. The normalized spacial score (nSPS) is 12.7. The van der Waals surface area contributed by atoms with Gasteiger partial charge in [0.25, 0.3) is 0 Å². The number of nitrogens with zero attached hydrogens (tertiary/aromatic N) is 2. The minimum Gasteiger partial charge on any atom is -0.324 e. The van der Waals surface area contributed by atoms with Crippen LogP contribution in [0.5, 0.6) is 0 Å². The highest BCUT2D eigenvalue weighted by atomic mass is 15.2. The molecule has 1 aromatic carbocycles. The summed E-state index contributed by atoms with van der Waals surface area (Å²) in [4.78, 5) is 0. The molecule has 0 aliphatic rings. The Bertz CT molecular complexity index is 457. The van der Waals surface area contributed by atoms with E-state index in [0.29, 0.717) is 0 Å². The molecule has 15 heavy (non-hydrogen) atoms. The number of benzene rings is 1. The van der Waals surface area contributed by atoms with E-state index in [-0.39, 0.29) is 6.04 Å². The van der Waals surface area contributed by atoms with Gasteiger partial charge in [0.15, 0.2) is 0 Å². The van der Waals surface area contributed by atoms with E-state index < -0.39 is 0 Å².